The minimum Gasteiger partial charge on any atom is -0.497 e. The molecule has 0 aromatic heterocycles. The lowest BCUT2D eigenvalue weighted by molar-refractivity contribution is -0.109. The van der Waals surface area contributed by atoms with Gasteiger partial charge in [0.15, 0.2) is 11.5 Å². The van der Waals surface area contributed by atoms with E-state index in [9.17, 15) is 9.59 Å². The predicted octanol–water partition coefficient (Wildman–Crippen LogP) is 5.27. The molecule has 0 aliphatic carbocycles. The molecule has 7 nitrogen and oxygen atoms in total. The van der Waals surface area contributed by atoms with Gasteiger partial charge in [0, 0.05) is 12.5 Å². The maximum atomic E-state index is 13.1. The summed E-state index contributed by atoms with van der Waals surface area (Å²) in [5, 5.41) is 4.02. The molecule has 4 rings (SSSR count). The zero-order valence-corrected chi connectivity index (χ0v) is 20.6. The van der Waals surface area contributed by atoms with E-state index in [1.54, 1.807) is 26.2 Å². The Labute approximate surface area is 199 Å². The van der Waals surface area contributed by atoms with Crippen molar-refractivity contribution in [3.63, 3.8) is 0 Å². The van der Waals surface area contributed by atoms with Gasteiger partial charge in [-0.25, -0.2) is 4.79 Å². The molecule has 0 saturated heterocycles. The van der Waals surface area contributed by atoms with Crippen LogP contribution in [0.1, 0.15) is 38.3 Å². The van der Waals surface area contributed by atoms with Crippen molar-refractivity contribution in [2.75, 3.05) is 21.3 Å². The van der Waals surface area contributed by atoms with Gasteiger partial charge in [0.1, 0.15) is 17.6 Å². The number of nitrogens with zero attached hydrogens (tertiary/aromatic N) is 1. The summed E-state index contributed by atoms with van der Waals surface area (Å²) < 4.78 is 22.4. The van der Waals surface area contributed by atoms with Crippen LogP contribution in [0.15, 0.2) is 30.3 Å². The molecule has 1 amide bonds. The van der Waals surface area contributed by atoms with E-state index in [0.29, 0.717) is 24.5 Å². The van der Waals surface area contributed by atoms with E-state index in [4.69, 9.17) is 18.9 Å². The van der Waals surface area contributed by atoms with Gasteiger partial charge in [-0.1, -0.05) is 6.07 Å². The standard InChI is InChI=1S/C27H31NO6/c1-27(2,3)34-26(30)28-15-23-18-8-7-17(31-4)12-20(18)22-14-25(33-6)24(32-5)13-21(22)19(23)11-16(28)9-10-29/h7-8,10,12-14,16H,9,11,15H2,1-6H3/t16-/m1/s1. The van der Waals surface area contributed by atoms with Crippen molar-refractivity contribution >= 4 is 33.9 Å². The molecule has 1 aliphatic heterocycles. The minimum atomic E-state index is -0.633. The van der Waals surface area contributed by atoms with Crippen molar-refractivity contribution < 1.29 is 28.5 Å². The highest BCUT2D eigenvalue weighted by Crippen LogP contribution is 2.43. The lowest BCUT2D eigenvalue weighted by atomic mass is 9.84. The zero-order valence-electron chi connectivity index (χ0n) is 20.6. The first kappa shape index (κ1) is 23.7. The highest BCUT2D eigenvalue weighted by atomic mass is 16.6. The molecule has 7 heteroatoms. The molecular formula is C27H31NO6. The summed E-state index contributed by atoms with van der Waals surface area (Å²) in [6, 6.07) is 9.60. The zero-order chi connectivity index (χ0) is 24.6. The van der Waals surface area contributed by atoms with Crippen LogP contribution in [-0.2, 0) is 22.5 Å². The van der Waals surface area contributed by atoms with Crippen molar-refractivity contribution in [2.45, 2.75) is 51.8 Å². The number of carbonyl (C=O) groups is 2. The van der Waals surface area contributed by atoms with Crippen molar-refractivity contribution in [3.05, 3.63) is 41.5 Å². The quantitative estimate of drug-likeness (QED) is 0.378. The number of benzene rings is 3. The maximum Gasteiger partial charge on any atom is 0.410 e. The number of hydrogen-bond acceptors (Lipinski definition) is 6. The van der Waals surface area contributed by atoms with E-state index in [1.807, 2.05) is 51.1 Å². The van der Waals surface area contributed by atoms with E-state index < -0.39 is 11.7 Å². The number of methoxy groups -OCH3 is 3. The van der Waals surface area contributed by atoms with Gasteiger partial charge in [-0.05, 0) is 84.1 Å². The van der Waals surface area contributed by atoms with Crippen LogP contribution in [-0.4, -0.2) is 50.3 Å². The Bertz CT molecular complexity index is 1260. The van der Waals surface area contributed by atoms with Crippen LogP contribution < -0.4 is 14.2 Å². The van der Waals surface area contributed by atoms with Gasteiger partial charge in [0.05, 0.1) is 27.9 Å². The topological polar surface area (TPSA) is 74.3 Å². The van der Waals surface area contributed by atoms with Crippen molar-refractivity contribution in [1.82, 2.24) is 4.90 Å². The van der Waals surface area contributed by atoms with Crippen LogP contribution in [0, 0.1) is 0 Å². The van der Waals surface area contributed by atoms with Crippen LogP contribution in [0.2, 0.25) is 0 Å². The van der Waals surface area contributed by atoms with Gasteiger partial charge < -0.3 is 28.6 Å². The number of ether oxygens (including phenoxy) is 4. The number of aldehydes is 1. The second-order valence-corrected chi connectivity index (χ2v) is 9.49. The Morgan fingerprint density at radius 1 is 0.941 bits per heavy atom. The van der Waals surface area contributed by atoms with Gasteiger partial charge in [-0.15, -0.1) is 0 Å². The van der Waals surface area contributed by atoms with Crippen molar-refractivity contribution in [2.24, 2.45) is 0 Å². The smallest absolute Gasteiger partial charge is 0.410 e. The molecule has 1 aliphatic rings. The third kappa shape index (κ3) is 4.22. The van der Waals surface area contributed by atoms with Crippen molar-refractivity contribution in [3.8, 4) is 17.2 Å². The Morgan fingerprint density at radius 2 is 1.59 bits per heavy atom. The molecule has 0 fully saturated rings. The first-order valence-corrected chi connectivity index (χ1v) is 11.3. The number of hydrogen-bond donors (Lipinski definition) is 0. The van der Waals surface area contributed by atoms with E-state index in [2.05, 4.69) is 0 Å². The maximum absolute atomic E-state index is 13.1. The first-order chi connectivity index (χ1) is 16.2. The third-order valence-corrected chi connectivity index (χ3v) is 6.26. The fourth-order valence-electron chi connectivity index (χ4n) is 4.73. The molecule has 0 spiro atoms. The summed E-state index contributed by atoms with van der Waals surface area (Å²) >= 11 is 0. The molecule has 0 bridgehead atoms. The number of rotatable bonds is 5. The SMILES string of the molecule is COc1ccc2c3c(c4cc(OC)c(OC)cc4c2c1)C[C@@H](CC=O)N(C(=O)OC(C)(C)C)C3. The normalized spacial score (nSPS) is 15.7. The third-order valence-electron chi connectivity index (χ3n) is 6.26. The lowest BCUT2D eigenvalue weighted by Crippen LogP contribution is -2.46. The average molecular weight is 466 g/mol. The molecule has 1 heterocycles. The van der Waals surface area contributed by atoms with Crippen LogP contribution in [0.25, 0.3) is 21.5 Å². The van der Waals surface area contributed by atoms with Gasteiger partial charge in [0.2, 0.25) is 0 Å². The largest absolute Gasteiger partial charge is 0.497 e. The van der Waals surface area contributed by atoms with E-state index in [0.717, 1.165) is 44.7 Å². The molecule has 3 aromatic rings. The van der Waals surface area contributed by atoms with Gasteiger partial charge in [0.25, 0.3) is 0 Å². The van der Waals surface area contributed by atoms with E-state index in [1.165, 1.54) is 0 Å². The van der Waals surface area contributed by atoms with Crippen LogP contribution in [0.3, 0.4) is 0 Å². The van der Waals surface area contributed by atoms with Gasteiger partial charge >= 0.3 is 6.09 Å². The second-order valence-electron chi connectivity index (χ2n) is 9.49. The summed E-state index contributed by atoms with van der Waals surface area (Å²) in [6.45, 7) is 5.86. The molecule has 1 atom stereocenters. The lowest BCUT2D eigenvalue weighted by Gasteiger charge is -2.38. The van der Waals surface area contributed by atoms with Gasteiger partial charge in [-0.3, -0.25) is 0 Å². The molecule has 0 N–H and O–H groups in total. The summed E-state index contributed by atoms with van der Waals surface area (Å²) in [7, 11) is 4.86. The number of amides is 1. The van der Waals surface area contributed by atoms with E-state index >= 15 is 0 Å². The molecule has 0 saturated carbocycles. The molecule has 180 valence electrons. The summed E-state index contributed by atoms with van der Waals surface area (Å²) in [6.07, 6.45) is 1.21. The van der Waals surface area contributed by atoms with E-state index in [-0.39, 0.29) is 12.5 Å². The Hall–Kier alpha value is -3.48. The summed E-state index contributed by atoms with van der Waals surface area (Å²) in [5.41, 5.74) is 1.50. The van der Waals surface area contributed by atoms with Crippen molar-refractivity contribution in [1.29, 1.82) is 0 Å². The minimum absolute atomic E-state index is 0.230. The highest BCUT2D eigenvalue weighted by molar-refractivity contribution is 6.12. The Kier molecular flexibility index (Phi) is 6.30. The summed E-state index contributed by atoms with van der Waals surface area (Å²) in [4.78, 5) is 26.3. The molecule has 3 aromatic carbocycles. The Morgan fingerprint density at radius 3 is 2.18 bits per heavy atom. The summed E-state index contributed by atoms with van der Waals surface area (Å²) in [5.74, 6) is 2.00. The number of carbonyl (C=O) groups excluding carboxylic acids is 2. The van der Waals surface area contributed by atoms with Crippen LogP contribution >= 0.6 is 0 Å². The van der Waals surface area contributed by atoms with Crippen LogP contribution in [0.4, 0.5) is 4.79 Å². The molecule has 34 heavy (non-hydrogen) atoms. The molecular weight excluding hydrogens is 434 g/mol. The fraction of sp³-hybridized carbons (Fsp3) is 0.407. The van der Waals surface area contributed by atoms with Crippen LogP contribution in [0.5, 0.6) is 17.2 Å². The second kappa shape index (κ2) is 9.05. The first-order valence-electron chi connectivity index (χ1n) is 11.3. The molecule has 0 radical (unpaired) electrons. The molecule has 0 unspecified atom stereocenters. The monoisotopic (exact) mass is 465 g/mol. The Balaban J connectivity index is 1.99. The number of fused-ring (bicyclic) bond motifs is 6. The highest BCUT2D eigenvalue weighted by Gasteiger charge is 2.35. The predicted molar refractivity (Wildman–Crippen MR) is 131 cm³/mol. The average Bonchev–Trinajstić information content (AvgIpc) is 2.81. The van der Waals surface area contributed by atoms with Gasteiger partial charge in [-0.2, -0.15) is 0 Å². The fourth-order valence-corrected chi connectivity index (χ4v) is 4.73.